The number of anilines is 1. The first kappa shape index (κ1) is 28.2. The molecule has 0 aromatic heterocycles. The number of likely N-dealkylation sites (N-methyl/N-ethyl adjacent to an activating group) is 1. The van der Waals surface area contributed by atoms with Gasteiger partial charge in [-0.25, -0.2) is 8.42 Å². The van der Waals surface area contributed by atoms with E-state index in [9.17, 15) is 18.0 Å². The minimum atomic E-state index is -4.09. The monoisotopic (exact) mass is 541 g/mol. The van der Waals surface area contributed by atoms with Gasteiger partial charge in [0.05, 0.1) is 10.6 Å². The number of nitrogens with one attached hydrogen (secondary N) is 1. The predicted molar refractivity (Wildman–Crippen MR) is 147 cm³/mol. The molecule has 0 bridgehead atoms. The molecule has 7 nitrogen and oxygen atoms in total. The average molecular weight is 542 g/mol. The number of sulfonamides is 1. The number of hydrogen-bond donors (Lipinski definition) is 1. The lowest BCUT2D eigenvalue weighted by molar-refractivity contribution is -0.140. The van der Waals surface area contributed by atoms with Crippen molar-refractivity contribution >= 4 is 39.1 Å². The molecule has 0 spiro atoms. The summed E-state index contributed by atoms with van der Waals surface area (Å²) in [4.78, 5) is 28.4. The van der Waals surface area contributed by atoms with Gasteiger partial charge in [0, 0.05) is 18.1 Å². The zero-order valence-corrected chi connectivity index (χ0v) is 22.8. The first-order chi connectivity index (χ1) is 17.7. The second-order valence-corrected chi connectivity index (χ2v) is 10.8. The smallest absolute Gasteiger partial charge is 0.264 e. The first-order valence-corrected chi connectivity index (χ1v) is 14.0. The van der Waals surface area contributed by atoms with E-state index in [-0.39, 0.29) is 17.3 Å². The second-order valence-electron chi connectivity index (χ2n) is 8.54. The number of nitrogens with zero attached hydrogens (tertiary/aromatic N) is 2. The summed E-state index contributed by atoms with van der Waals surface area (Å²) in [6, 6.07) is 21.3. The van der Waals surface area contributed by atoms with Crippen LogP contribution >= 0.6 is 11.6 Å². The molecule has 0 fully saturated rings. The van der Waals surface area contributed by atoms with E-state index in [2.05, 4.69) is 5.32 Å². The number of benzene rings is 3. The number of rotatable bonds is 11. The zero-order valence-electron chi connectivity index (χ0n) is 21.2. The van der Waals surface area contributed by atoms with Crippen LogP contribution in [0.25, 0.3) is 0 Å². The van der Waals surface area contributed by atoms with E-state index in [4.69, 9.17) is 11.6 Å². The highest BCUT2D eigenvalue weighted by atomic mass is 35.5. The van der Waals surface area contributed by atoms with Crippen molar-refractivity contribution in [3.63, 3.8) is 0 Å². The van der Waals surface area contributed by atoms with Crippen molar-refractivity contribution in [1.29, 1.82) is 0 Å². The van der Waals surface area contributed by atoms with Crippen LogP contribution < -0.4 is 9.62 Å². The van der Waals surface area contributed by atoms with Gasteiger partial charge < -0.3 is 10.2 Å². The van der Waals surface area contributed by atoms with Crippen LogP contribution in [0.4, 0.5) is 5.69 Å². The Hall–Kier alpha value is -3.36. The molecule has 0 unspecified atom stereocenters. The fourth-order valence-corrected chi connectivity index (χ4v) is 5.79. The van der Waals surface area contributed by atoms with E-state index < -0.39 is 28.5 Å². The maximum atomic E-state index is 13.9. The predicted octanol–water partition coefficient (Wildman–Crippen LogP) is 4.79. The van der Waals surface area contributed by atoms with E-state index in [0.717, 1.165) is 4.31 Å². The van der Waals surface area contributed by atoms with E-state index in [1.165, 1.54) is 17.0 Å². The number of aryl methyl sites for hydroxylation is 1. The van der Waals surface area contributed by atoms with Gasteiger partial charge in [-0.3, -0.25) is 13.9 Å². The van der Waals surface area contributed by atoms with Gasteiger partial charge in [0.25, 0.3) is 10.0 Å². The summed E-state index contributed by atoms with van der Waals surface area (Å²) < 4.78 is 28.7. The largest absolute Gasteiger partial charge is 0.355 e. The Morgan fingerprint density at radius 2 is 1.54 bits per heavy atom. The van der Waals surface area contributed by atoms with Crippen LogP contribution in [-0.2, 0) is 26.2 Å². The van der Waals surface area contributed by atoms with E-state index in [1.54, 1.807) is 80.6 Å². The Bertz CT molecular complexity index is 1330. The lowest BCUT2D eigenvalue weighted by Crippen LogP contribution is -2.52. The number of carbonyl (C=O) groups is 2. The van der Waals surface area contributed by atoms with Crippen molar-refractivity contribution in [3.8, 4) is 0 Å². The van der Waals surface area contributed by atoms with Gasteiger partial charge in [0.15, 0.2) is 0 Å². The van der Waals surface area contributed by atoms with Gasteiger partial charge in [-0.15, -0.1) is 0 Å². The minimum absolute atomic E-state index is 0.0567. The summed E-state index contributed by atoms with van der Waals surface area (Å²) in [7, 11) is -4.09. The summed E-state index contributed by atoms with van der Waals surface area (Å²) in [5.74, 6) is -0.820. The Morgan fingerprint density at radius 3 is 2.16 bits per heavy atom. The number of carbonyl (C=O) groups excluding carboxylic acids is 2. The highest BCUT2D eigenvalue weighted by Gasteiger charge is 2.34. The first-order valence-electron chi connectivity index (χ1n) is 12.1. The third-order valence-corrected chi connectivity index (χ3v) is 8.17. The molecule has 0 aliphatic carbocycles. The molecule has 37 heavy (non-hydrogen) atoms. The van der Waals surface area contributed by atoms with Crippen molar-refractivity contribution in [2.75, 3.05) is 17.4 Å². The van der Waals surface area contributed by atoms with Gasteiger partial charge in [-0.1, -0.05) is 73.1 Å². The zero-order chi connectivity index (χ0) is 27.0. The van der Waals surface area contributed by atoms with Crippen molar-refractivity contribution in [3.05, 3.63) is 95.0 Å². The maximum absolute atomic E-state index is 13.9. The van der Waals surface area contributed by atoms with Gasteiger partial charge >= 0.3 is 0 Å². The topological polar surface area (TPSA) is 86.8 Å². The fraction of sp³-hybridized carbons (Fsp3) is 0.286. The quantitative estimate of drug-likeness (QED) is 0.378. The third-order valence-electron chi connectivity index (χ3n) is 6.03. The van der Waals surface area contributed by atoms with Crippen molar-refractivity contribution in [2.45, 2.75) is 44.7 Å². The normalized spacial score (nSPS) is 12.0. The minimum Gasteiger partial charge on any atom is -0.355 e. The lowest BCUT2D eigenvalue weighted by Gasteiger charge is -2.33. The van der Waals surface area contributed by atoms with Crippen LogP contribution in [0.5, 0.6) is 0 Å². The van der Waals surface area contributed by atoms with Crippen LogP contribution in [-0.4, -0.2) is 44.3 Å². The van der Waals surface area contributed by atoms with E-state index in [1.807, 2.05) is 6.92 Å². The SMILES string of the molecule is CCNC(=O)[C@H](CC)N(Cc1ccccc1Cl)C(=O)CN(c1ccccc1C)S(=O)(=O)c1ccccc1. The number of amides is 2. The Kier molecular flexibility index (Phi) is 9.72. The van der Waals surface area contributed by atoms with Crippen LogP contribution in [0, 0.1) is 6.92 Å². The average Bonchev–Trinajstić information content (AvgIpc) is 2.89. The summed E-state index contributed by atoms with van der Waals surface area (Å²) in [6.45, 7) is 5.38. The van der Waals surface area contributed by atoms with Gasteiger partial charge in [0.2, 0.25) is 11.8 Å². The molecule has 0 aliphatic heterocycles. The number of hydrogen-bond acceptors (Lipinski definition) is 4. The Labute approximate surface area is 224 Å². The summed E-state index contributed by atoms with van der Waals surface area (Å²) in [5.41, 5.74) is 1.75. The van der Waals surface area contributed by atoms with Crippen LogP contribution in [0.2, 0.25) is 5.02 Å². The van der Waals surface area contributed by atoms with Crippen molar-refractivity contribution in [1.82, 2.24) is 10.2 Å². The molecular weight excluding hydrogens is 510 g/mol. The van der Waals surface area contributed by atoms with Crippen LogP contribution in [0.3, 0.4) is 0 Å². The van der Waals surface area contributed by atoms with E-state index >= 15 is 0 Å². The molecule has 0 saturated carbocycles. The van der Waals surface area contributed by atoms with Crippen molar-refractivity contribution in [2.24, 2.45) is 0 Å². The fourth-order valence-electron chi connectivity index (χ4n) is 4.10. The number of halogens is 1. The summed E-state index contributed by atoms with van der Waals surface area (Å²) in [6.07, 6.45) is 0.345. The van der Waals surface area contributed by atoms with Crippen LogP contribution in [0.1, 0.15) is 31.4 Å². The summed E-state index contributed by atoms with van der Waals surface area (Å²) >= 11 is 6.39. The maximum Gasteiger partial charge on any atom is 0.264 e. The van der Waals surface area contributed by atoms with Gasteiger partial charge in [-0.05, 0) is 55.7 Å². The standard InChI is InChI=1S/C28H32ClN3O4S/c1-4-25(28(34)30-5-2)31(19-22-14-10-11-17-24(22)29)27(33)20-32(26-18-12-9-13-21(26)3)37(35,36)23-15-7-6-8-16-23/h6-18,25H,4-5,19-20H2,1-3H3,(H,30,34)/t25-/m0/s1. The van der Waals surface area contributed by atoms with E-state index in [0.29, 0.717) is 34.8 Å². The second kappa shape index (κ2) is 12.7. The highest BCUT2D eigenvalue weighted by Crippen LogP contribution is 2.28. The lowest BCUT2D eigenvalue weighted by atomic mass is 10.1. The molecule has 1 N–H and O–H groups in total. The molecule has 1 atom stereocenters. The molecule has 0 radical (unpaired) electrons. The third kappa shape index (κ3) is 6.70. The number of para-hydroxylation sites is 1. The summed E-state index contributed by atoms with van der Waals surface area (Å²) in [5, 5.41) is 3.24. The molecule has 3 aromatic rings. The van der Waals surface area contributed by atoms with Crippen molar-refractivity contribution < 1.29 is 18.0 Å². The van der Waals surface area contributed by atoms with Gasteiger partial charge in [-0.2, -0.15) is 0 Å². The molecule has 3 rings (SSSR count). The Morgan fingerprint density at radius 1 is 0.919 bits per heavy atom. The molecule has 0 aliphatic rings. The highest BCUT2D eigenvalue weighted by molar-refractivity contribution is 7.92. The molecule has 3 aromatic carbocycles. The van der Waals surface area contributed by atoms with Gasteiger partial charge in [0.1, 0.15) is 12.6 Å². The molecule has 0 heterocycles. The Balaban J connectivity index is 2.07. The molecule has 0 saturated heterocycles. The molecule has 196 valence electrons. The molecular formula is C28H32ClN3O4S. The molecule has 9 heteroatoms. The van der Waals surface area contributed by atoms with Crippen LogP contribution in [0.15, 0.2) is 83.8 Å². The molecule has 2 amide bonds.